The maximum Gasteiger partial charge on any atom is 0.322 e. The molecule has 2 aliphatic heterocycles. The SMILES string of the molecule is C=C(Cl)/C=C(Cl)\C=C(/C)N1CCN(C(=O)C(O)CC2(C3CC3)NC(=O)NC2=O)CC1. The number of rotatable bonds is 7. The van der Waals surface area contributed by atoms with Gasteiger partial charge in [0.1, 0.15) is 11.6 Å². The van der Waals surface area contributed by atoms with Crippen molar-refractivity contribution in [2.45, 2.75) is 37.8 Å². The minimum atomic E-state index is -1.36. The monoisotopic (exact) mass is 456 g/mol. The Morgan fingerprint density at radius 1 is 1.23 bits per heavy atom. The minimum Gasteiger partial charge on any atom is -0.383 e. The molecule has 2 atom stereocenters. The van der Waals surface area contributed by atoms with E-state index in [0.29, 0.717) is 36.2 Å². The number of carbonyl (C=O) groups is 3. The molecule has 2 saturated heterocycles. The predicted molar refractivity (Wildman–Crippen MR) is 114 cm³/mol. The lowest BCUT2D eigenvalue weighted by atomic mass is 9.86. The number of imide groups is 1. The fourth-order valence-electron chi connectivity index (χ4n) is 4.04. The van der Waals surface area contributed by atoms with Gasteiger partial charge in [0.05, 0.1) is 0 Å². The molecule has 1 aliphatic carbocycles. The van der Waals surface area contributed by atoms with Crippen molar-refractivity contribution < 1.29 is 19.5 Å². The van der Waals surface area contributed by atoms with Crippen LogP contribution in [0.3, 0.4) is 0 Å². The van der Waals surface area contributed by atoms with Crippen LogP contribution in [0.2, 0.25) is 0 Å². The molecule has 0 aromatic carbocycles. The minimum absolute atomic E-state index is 0.0436. The second-order valence-electron chi connectivity index (χ2n) is 7.95. The van der Waals surface area contributed by atoms with Crippen molar-refractivity contribution >= 4 is 41.0 Å². The molecule has 0 aromatic heterocycles. The number of aliphatic hydroxyl groups excluding tert-OH is 1. The maximum atomic E-state index is 12.8. The maximum absolute atomic E-state index is 12.8. The summed E-state index contributed by atoms with van der Waals surface area (Å²) in [5.74, 6) is -0.934. The number of halogens is 2. The van der Waals surface area contributed by atoms with Crippen LogP contribution in [-0.2, 0) is 9.59 Å². The zero-order chi connectivity index (χ0) is 22.1. The van der Waals surface area contributed by atoms with Gasteiger partial charge in [-0.3, -0.25) is 14.9 Å². The van der Waals surface area contributed by atoms with E-state index in [1.807, 2.05) is 6.92 Å². The lowest BCUT2D eigenvalue weighted by Gasteiger charge is -2.38. The third kappa shape index (κ3) is 4.99. The Balaban J connectivity index is 1.57. The Bertz CT molecular complexity index is 816. The number of piperazine rings is 1. The van der Waals surface area contributed by atoms with Crippen LogP contribution in [0.1, 0.15) is 26.2 Å². The normalized spacial score (nSPS) is 26.4. The molecule has 3 rings (SSSR count). The van der Waals surface area contributed by atoms with Gasteiger partial charge in [-0.2, -0.15) is 0 Å². The van der Waals surface area contributed by atoms with Gasteiger partial charge in [-0.1, -0.05) is 29.8 Å². The van der Waals surface area contributed by atoms with Crippen molar-refractivity contribution in [2.24, 2.45) is 5.92 Å². The van der Waals surface area contributed by atoms with Gasteiger partial charge in [-0.05, 0) is 37.8 Å². The molecule has 0 aromatic rings. The van der Waals surface area contributed by atoms with Crippen LogP contribution in [0.5, 0.6) is 0 Å². The average Bonchev–Trinajstić information content (AvgIpc) is 3.47. The van der Waals surface area contributed by atoms with E-state index in [9.17, 15) is 19.5 Å². The molecule has 3 aliphatic rings. The number of urea groups is 1. The third-order valence-electron chi connectivity index (χ3n) is 5.77. The number of nitrogens with one attached hydrogen (secondary N) is 2. The highest BCUT2D eigenvalue weighted by molar-refractivity contribution is 6.35. The van der Waals surface area contributed by atoms with Gasteiger partial charge >= 0.3 is 6.03 Å². The van der Waals surface area contributed by atoms with Crippen LogP contribution in [-0.4, -0.2) is 70.6 Å². The first-order chi connectivity index (χ1) is 14.1. The number of hydrogen-bond acceptors (Lipinski definition) is 5. The molecule has 0 spiro atoms. The summed E-state index contributed by atoms with van der Waals surface area (Å²) >= 11 is 11.8. The fourth-order valence-corrected chi connectivity index (χ4v) is 4.51. The van der Waals surface area contributed by atoms with Crippen LogP contribution in [0.15, 0.2) is 34.5 Å². The predicted octanol–water partition coefficient (Wildman–Crippen LogP) is 1.65. The number of hydrogen-bond donors (Lipinski definition) is 3. The van der Waals surface area contributed by atoms with Crippen molar-refractivity contribution in [1.82, 2.24) is 20.4 Å². The molecule has 3 N–H and O–H groups in total. The number of carbonyl (C=O) groups excluding carboxylic acids is 3. The Morgan fingerprint density at radius 2 is 1.83 bits per heavy atom. The summed E-state index contributed by atoms with van der Waals surface area (Å²) in [5.41, 5.74) is -0.261. The highest BCUT2D eigenvalue weighted by Gasteiger charge is 2.57. The van der Waals surface area contributed by atoms with E-state index in [1.54, 1.807) is 17.1 Å². The van der Waals surface area contributed by atoms with Gasteiger partial charge in [0.25, 0.3) is 11.8 Å². The van der Waals surface area contributed by atoms with Gasteiger partial charge in [0.15, 0.2) is 0 Å². The number of aliphatic hydroxyl groups is 1. The first-order valence-electron chi connectivity index (χ1n) is 9.87. The summed E-state index contributed by atoms with van der Waals surface area (Å²) in [5, 5.41) is 16.2. The summed E-state index contributed by atoms with van der Waals surface area (Å²) in [4.78, 5) is 40.4. The molecule has 30 heavy (non-hydrogen) atoms. The molecule has 0 radical (unpaired) electrons. The van der Waals surface area contributed by atoms with Crippen LogP contribution < -0.4 is 10.6 Å². The summed E-state index contributed by atoms with van der Waals surface area (Å²) in [7, 11) is 0. The van der Waals surface area contributed by atoms with E-state index in [-0.39, 0.29) is 12.3 Å². The molecule has 2 unspecified atom stereocenters. The zero-order valence-corrected chi connectivity index (χ0v) is 18.3. The van der Waals surface area contributed by atoms with Crippen molar-refractivity contribution in [1.29, 1.82) is 0 Å². The average molecular weight is 457 g/mol. The number of allylic oxidation sites excluding steroid dienone is 5. The van der Waals surface area contributed by atoms with E-state index >= 15 is 0 Å². The van der Waals surface area contributed by atoms with Crippen molar-refractivity contribution in [2.75, 3.05) is 26.2 Å². The van der Waals surface area contributed by atoms with Crippen molar-refractivity contribution in [3.05, 3.63) is 34.5 Å². The number of amides is 4. The Kier molecular flexibility index (Phi) is 6.79. The van der Waals surface area contributed by atoms with Crippen LogP contribution >= 0.6 is 23.2 Å². The van der Waals surface area contributed by atoms with Crippen molar-refractivity contribution in [3.63, 3.8) is 0 Å². The van der Waals surface area contributed by atoms with Gasteiger partial charge in [0, 0.05) is 48.4 Å². The van der Waals surface area contributed by atoms with Gasteiger partial charge in [-0.15, -0.1) is 0 Å². The second kappa shape index (κ2) is 8.99. The molecule has 10 heteroatoms. The molecule has 164 valence electrons. The van der Waals surface area contributed by atoms with Gasteiger partial charge < -0.3 is 20.2 Å². The summed E-state index contributed by atoms with van der Waals surface area (Å²) in [6.07, 6.45) is 3.43. The fraction of sp³-hybridized carbons (Fsp3) is 0.550. The lowest BCUT2D eigenvalue weighted by Crippen LogP contribution is -2.56. The van der Waals surface area contributed by atoms with Gasteiger partial charge in [-0.25, -0.2) is 4.79 Å². The standard InChI is InChI=1S/C20H26Cl2N4O4/c1-12(21)9-15(22)10-13(2)25-5-7-26(8-6-25)17(28)16(27)11-20(14-3-4-14)18(29)23-19(30)24-20/h9-10,14,16,27H,1,3-8,11H2,2H3,(H2,23,24,29,30)/b13-10+,15-9+. The quantitative estimate of drug-likeness (QED) is 0.399. The van der Waals surface area contributed by atoms with E-state index in [2.05, 4.69) is 22.1 Å². The Labute approximate surface area is 185 Å². The Hall–Kier alpha value is -2.03. The van der Waals surface area contributed by atoms with E-state index in [4.69, 9.17) is 23.2 Å². The molecule has 4 amide bonds. The topological polar surface area (TPSA) is 102 Å². The van der Waals surface area contributed by atoms with Gasteiger partial charge in [0.2, 0.25) is 0 Å². The van der Waals surface area contributed by atoms with E-state index < -0.39 is 29.5 Å². The van der Waals surface area contributed by atoms with Crippen LogP contribution in [0, 0.1) is 5.92 Å². The highest BCUT2D eigenvalue weighted by Crippen LogP contribution is 2.43. The number of nitrogens with zero attached hydrogens (tertiary/aromatic N) is 2. The zero-order valence-electron chi connectivity index (χ0n) is 16.8. The first kappa shape index (κ1) is 22.7. The molecular weight excluding hydrogens is 431 g/mol. The largest absolute Gasteiger partial charge is 0.383 e. The molecule has 2 heterocycles. The van der Waals surface area contributed by atoms with E-state index in [0.717, 1.165) is 18.5 Å². The summed E-state index contributed by atoms with van der Waals surface area (Å²) < 4.78 is 0. The lowest BCUT2D eigenvalue weighted by molar-refractivity contribution is -0.143. The third-order valence-corrected chi connectivity index (χ3v) is 6.10. The summed E-state index contributed by atoms with van der Waals surface area (Å²) in [6, 6.07) is -0.576. The first-order valence-corrected chi connectivity index (χ1v) is 10.6. The molecule has 3 fully saturated rings. The molecular formula is C20H26Cl2N4O4. The molecule has 0 bridgehead atoms. The smallest absolute Gasteiger partial charge is 0.322 e. The molecule has 8 nitrogen and oxygen atoms in total. The van der Waals surface area contributed by atoms with E-state index in [1.165, 1.54) is 0 Å². The second-order valence-corrected chi connectivity index (χ2v) is 8.87. The van der Waals surface area contributed by atoms with Crippen molar-refractivity contribution in [3.8, 4) is 0 Å². The molecule has 1 saturated carbocycles. The summed E-state index contributed by atoms with van der Waals surface area (Å²) in [6.45, 7) is 7.51. The van der Waals surface area contributed by atoms with Crippen LogP contribution in [0.25, 0.3) is 0 Å². The highest BCUT2D eigenvalue weighted by atomic mass is 35.5. The Morgan fingerprint density at radius 3 is 2.33 bits per heavy atom. The van der Waals surface area contributed by atoms with Crippen LogP contribution in [0.4, 0.5) is 4.79 Å².